The lowest BCUT2D eigenvalue weighted by Gasteiger charge is -2.07. The smallest absolute Gasteiger partial charge is 0.337 e. The second-order valence-electron chi connectivity index (χ2n) is 4.62. The van der Waals surface area contributed by atoms with E-state index in [0.717, 1.165) is 18.9 Å². The van der Waals surface area contributed by atoms with Gasteiger partial charge in [-0.05, 0) is 25.8 Å². The van der Waals surface area contributed by atoms with Crippen LogP contribution in [0.25, 0.3) is 0 Å². The zero-order valence-corrected chi connectivity index (χ0v) is 10.1. The molecule has 2 aromatic heterocycles. The summed E-state index contributed by atoms with van der Waals surface area (Å²) in [5.41, 5.74) is -0.929. The first-order chi connectivity index (χ1) is 8.95. The summed E-state index contributed by atoms with van der Waals surface area (Å²) in [6, 6.07) is 0.408. The number of rotatable bonds is 3. The molecule has 1 aliphatic carbocycles. The molecule has 0 amide bonds. The monoisotopic (exact) mass is 272 g/mol. The van der Waals surface area contributed by atoms with Crippen molar-refractivity contribution in [1.82, 2.24) is 19.9 Å². The number of halogens is 3. The van der Waals surface area contributed by atoms with Crippen LogP contribution in [-0.4, -0.2) is 19.9 Å². The minimum absolute atomic E-state index is 0.277. The first-order valence-electron chi connectivity index (χ1n) is 5.91. The van der Waals surface area contributed by atoms with E-state index in [1.165, 1.54) is 10.9 Å². The highest BCUT2D eigenvalue weighted by Gasteiger charge is 2.34. The topological polar surface area (TPSA) is 56.7 Å². The Morgan fingerprint density at radius 1 is 1.42 bits per heavy atom. The van der Waals surface area contributed by atoms with Crippen molar-refractivity contribution < 1.29 is 17.7 Å². The molecular weight excluding hydrogens is 261 g/mol. The van der Waals surface area contributed by atoms with E-state index in [1.54, 1.807) is 6.92 Å². The molecule has 0 bridgehead atoms. The molecule has 0 unspecified atom stereocenters. The van der Waals surface area contributed by atoms with E-state index in [2.05, 4.69) is 15.2 Å². The molecule has 1 atom stereocenters. The van der Waals surface area contributed by atoms with Gasteiger partial charge in [-0.25, -0.2) is 0 Å². The minimum Gasteiger partial charge on any atom is -0.337 e. The molecule has 0 saturated heterocycles. The second kappa shape index (κ2) is 4.07. The Bertz CT molecular complexity index is 585. The minimum atomic E-state index is -4.45. The average Bonchev–Trinajstić information content (AvgIpc) is 2.91. The number of hydrogen-bond acceptors (Lipinski definition) is 4. The van der Waals surface area contributed by atoms with Gasteiger partial charge in [0.05, 0.1) is 0 Å². The molecule has 19 heavy (non-hydrogen) atoms. The van der Waals surface area contributed by atoms with E-state index in [9.17, 15) is 13.2 Å². The lowest BCUT2D eigenvalue weighted by atomic mass is 10.3. The molecule has 3 rings (SSSR count). The first kappa shape index (κ1) is 12.2. The summed E-state index contributed by atoms with van der Waals surface area (Å²) < 4.78 is 43.6. The standard InChI is InChI=1S/C11H11F3N4O/c1-6(10-15-9(17-19-10)7-2-3-7)18-5-4-8(16-18)11(12,13)14/h4-7H,2-3H2,1H3/t6-/m0/s1. The van der Waals surface area contributed by atoms with Crippen molar-refractivity contribution in [2.75, 3.05) is 0 Å². The van der Waals surface area contributed by atoms with Crippen LogP contribution in [0.4, 0.5) is 13.2 Å². The summed E-state index contributed by atoms with van der Waals surface area (Å²) in [5, 5.41) is 7.32. The molecule has 8 heteroatoms. The van der Waals surface area contributed by atoms with Gasteiger partial charge in [-0.15, -0.1) is 0 Å². The molecule has 0 spiro atoms. The maximum atomic E-state index is 12.5. The van der Waals surface area contributed by atoms with Crippen molar-refractivity contribution in [2.45, 2.75) is 37.9 Å². The van der Waals surface area contributed by atoms with E-state index in [1.807, 2.05) is 0 Å². The predicted octanol–water partition coefficient (Wildman–Crippen LogP) is 2.77. The fourth-order valence-corrected chi connectivity index (χ4v) is 1.74. The third-order valence-corrected chi connectivity index (χ3v) is 3.05. The third-order valence-electron chi connectivity index (χ3n) is 3.05. The number of alkyl halides is 3. The van der Waals surface area contributed by atoms with E-state index >= 15 is 0 Å². The van der Waals surface area contributed by atoms with E-state index < -0.39 is 17.9 Å². The molecule has 1 aliphatic rings. The predicted molar refractivity (Wildman–Crippen MR) is 57.3 cm³/mol. The number of nitrogens with zero attached hydrogens (tertiary/aromatic N) is 4. The van der Waals surface area contributed by atoms with Gasteiger partial charge in [-0.2, -0.15) is 23.3 Å². The summed E-state index contributed by atoms with van der Waals surface area (Å²) in [4.78, 5) is 4.20. The SMILES string of the molecule is C[C@@H](c1nc(C2CC2)no1)n1ccc(C(F)(F)F)n1. The molecular formula is C11H11F3N4O. The van der Waals surface area contributed by atoms with Crippen molar-refractivity contribution in [3.8, 4) is 0 Å². The van der Waals surface area contributed by atoms with Gasteiger partial charge >= 0.3 is 6.18 Å². The van der Waals surface area contributed by atoms with Crippen molar-refractivity contribution in [2.24, 2.45) is 0 Å². The molecule has 1 saturated carbocycles. The van der Waals surface area contributed by atoms with Gasteiger partial charge in [0.2, 0.25) is 0 Å². The molecule has 102 valence electrons. The normalized spacial score (nSPS) is 17.7. The van der Waals surface area contributed by atoms with Crippen LogP contribution in [0.15, 0.2) is 16.8 Å². The zero-order valence-electron chi connectivity index (χ0n) is 10.1. The zero-order chi connectivity index (χ0) is 13.6. The largest absolute Gasteiger partial charge is 0.435 e. The maximum absolute atomic E-state index is 12.5. The molecule has 5 nitrogen and oxygen atoms in total. The highest BCUT2D eigenvalue weighted by molar-refractivity contribution is 5.07. The lowest BCUT2D eigenvalue weighted by molar-refractivity contribution is -0.141. The molecule has 2 aromatic rings. The summed E-state index contributed by atoms with van der Waals surface area (Å²) in [5.74, 6) is 1.25. The van der Waals surface area contributed by atoms with Gasteiger partial charge < -0.3 is 4.52 Å². The van der Waals surface area contributed by atoms with Crippen LogP contribution in [0.2, 0.25) is 0 Å². The lowest BCUT2D eigenvalue weighted by Crippen LogP contribution is -2.11. The van der Waals surface area contributed by atoms with Crippen molar-refractivity contribution in [3.05, 3.63) is 29.7 Å². The van der Waals surface area contributed by atoms with Crippen LogP contribution in [-0.2, 0) is 6.18 Å². The Balaban J connectivity index is 1.82. The highest BCUT2D eigenvalue weighted by atomic mass is 19.4. The second-order valence-corrected chi connectivity index (χ2v) is 4.62. The molecule has 2 heterocycles. The fraction of sp³-hybridized carbons (Fsp3) is 0.545. The van der Waals surface area contributed by atoms with Crippen molar-refractivity contribution in [1.29, 1.82) is 0 Å². The summed E-state index contributed by atoms with van der Waals surface area (Å²) >= 11 is 0. The molecule has 0 aromatic carbocycles. The average molecular weight is 272 g/mol. The fourth-order valence-electron chi connectivity index (χ4n) is 1.74. The Hall–Kier alpha value is -1.86. The quantitative estimate of drug-likeness (QED) is 0.862. The molecule has 0 radical (unpaired) electrons. The van der Waals surface area contributed by atoms with Crippen LogP contribution in [0, 0.1) is 0 Å². The Kier molecular flexibility index (Phi) is 2.61. The molecule has 1 fully saturated rings. The molecule has 0 aliphatic heterocycles. The first-order valence-corrected chi connectivity index (χ1v) is 5.91. The van der Waals surface area contributed by atoms with Gasteiger partial charge in [-0.1, -0.05) is 5.16 Å². The Morgan fingerprint density at radius 3 is 2.74 bits per heavy atom. The number of aromatic nitrogens is 4. The van der Waals surface area contributed by atoms with Gasteiger partial charge in [0.1, 0.15) is 6.04 Å². The maximum Gasteiger partial charge on any atom is 0.435 e. The van der Waals surface area contributed by atoms with E-state index in [0.29, 0.717) is 11.7 Å². The van der Waals surface area contributed by atoms with Gasteiger partial charge in [0.15, 0.2) is 11.5 Å². The van der Waals surface area contributed by atoms with Crippen LogP contribution in [0.1, 0.15) is 49.1 Å². The molecule has 0 N–H and O–H groups in total. The summed E-state index contributed by atoms with van der Waals surface area (Å²) in [6.07, 6.45) is -1.12. The van der Waals surface area contributed by atoms with Crippen molar-refractivity contribution in [3.63, 3.8) is 0 Å². The summed E-state index contributed by atoms with van der Waals surface area (Å²) in [7, 11) is 0. The Labute approximate surface area is 106 Å². The van der Waals surface area contributed by atoms with Crippen LogP contribution >= 0.6 is 0 Å². The Morgan fingerprint density at radius 2 is 2.16 bits per heavy atom. The van der Waals surface area contributed by atoms with Crippen LogP contribution < -0.4 is 0 Å². The van der Waals surface area contributed by atoms with E-state index in [-0.39, 0.29) is 5.89 Å². The van der Waals surface area contributed by atoms with Crippen LogP contribution in [0.5, 0.6) is 0 Å². The van der Waals surface area contributed by atoms with Gasteiger partial charge in [0.25, 0.3) is 5.89 Å². The van der Waals surface area contributed by atoms with E-state index in [4.69, 9.17) is 4.52 Å². The summed E-state index contributed by atoms with van der Waals surface area (Å²) in [6.45, 7) is 1.66. The van der Waals surface area contributed by atoms with Gasteiger partial charge in [-0.3, -0.25) is 4.68 Å². The van der Waals surface area contributed by atoms with Crippen molar-refractivity contribution >= 4 is 0 Å². The highest BCUT2D eigenvalue weighted by Crippen LogP contribution is 2.38. The third kappa shape index (κ3) is 2.34. The van der Waals surface area contributed by atoms with Gasteiger partial charge in [0, 0.05) is 12.1 Å². The number of hydrogen-bond donors (Lipinski definition) is 0. The van der Waals surface area contributed by atoms with Crippen LogP contribution in [0.3, 0.4) is 0 Å².